The zero-order valence-corrected chi connectivity index (χ0v) is 12.0. The first-order valence-electron chi connectivity index (χ1n) is 6.02. The number of aromatic nitrogens is 2. The van der Waals surface area contributed by atoms with Gasteiger partial charge in [-0.1, -0.05) is 18.2 Å². The molecule has 4 heteroatoms. The number of hydrogen-bond donors (Lipinski definition) is 0. The van der Waals surface area contributed by atoms with Crippen LogP contribution in [0.4, 0.5) is 4.39 Å². The minimum Gasteiger partial charge on any atom is -0.300 e. The molecule has 0 aliphatic carbocycles. The van der Waals surface area contributed by atoms with Crippen LogP contribution in [0.15, 0.2) is 47.1 Å². The molecule has 3 aromatic rings. The number of halogens is 2. The molecule has 0 aliphatic rings. The van der Waals surface area contributed by atoms with Gasteiger partial charge >= 0.3 is 0 Å². The minimum absolute atomic E-state index is 0.214. The van der Waals surface area contributed by atoms with Crippen LogP contribution in [0.2, 0.25) is 0 Å². The van der Waals surface area contributed by atoms with Crippen LogP contribution in [-0.2, 0) is 6.42 Å². The maximum atomic E-state index is 12.9. The molecule has 0 amide bonds. The Balaban J connectivity index is 2.08. The van der Waals surface area contributed by atoms with Gasteiger partial charge in [-0.25, -0.2) is 9.37 Å². The van der Waals surface area contributed by atoms with Crippen molar-refractivity contribution in [1.82, 2.24) is 9.38 Å². The third-order valence-electron chi connectivity index (χ3n) is 3.16. The number of benzene rings is 1. The molecular formula is C15H12BrFN2. The maximum Gasteiger partial charge on any atom is 0.132 e. The van der Waals surface area contributed by atoms with Gasteiger partial charge in [0.25, 0.3) is 0 Å². The average molecular weight is 319 g/mol. The summed E-state index contributed by atoms with van der Waals surface area (Å²) in [6, 6.07) is 12.6. The van der Waals surface area contributed by atoms with E-state index in [-0.39, 0.29) is 5.82 Å². The highest BCUT2D eigenvalue weighted by atomic mass is 79.9. The zero-order chi connectivity index (χ0) is 13.4. The van der Waals surface area contributed by atoms with Gasteiger partial charge in [-0.15, -0.1) is 0 Å². The Kier molecular flexibility index (Phi) is 3.11. The van der Waals surface area contributed by atoms with Crippen LogP contribution in [0.1, 0.15) is 17.1 Å². The Hall–Kier alpha value is -1.68. The SMILES string of the molecule is Cc1cccc2c(Br)nc(Cc3ccc(F)cc3)n12. The van der Waals surface area contributed by atoms with Crippen molar-refractivity contribution in [3.05, 3.63) is 70.0 Å². The molecule has 2 aromatic heterocycles. The molecule has 0 spiro atoms. The Labute approximate surface area is 119 Å². The van der Waals surface area contributed by atoms with E-state index in [1.165, 1.54) is 12.1 Å². The normalized spacial score (nSPS) is 11.1. The van der Waals surface area contributed by atoms with E-state index in [0.29, 0.717) is 6.42 Å². The van der Waals surface area contributed by atoms with E-state index >= 15 is 0 Å². The van der Waals surface area contributed by atoms with Gasteiger partial charge in [-0.2, -0.15) is 0 Å². The highest BCUT2D eigenvalue weighted by Gasteiger charge is 2.10. The van der Waals surface area contributed by atoms with Gasteiger partial charge in [-0.3, -0.25) is 4.40 Å². The number of nitrogens with zero attached hydrogens (tertiary/aromatic N) is 2. The van der Waals surface area contributed by atoms with Crippen molar-refractivity contribution in [2.45, 2.75) is 13.3 Å². The lowest BCUT2D eigenvalue weighted by Gasteiger charge is -2.05. The maximum absolute atomic E-state index is 12.9. The van der Waals surface area contributed by atoms with E-state index in [2.05, 4.69) is 38.3 Å². The molecular weight excluding hydrogens is 307 g/mol. The molecule has 0 bridgehead atoms. The Morgan fingerprint density at radius 1 is 1.16 bits per heavy atom. The first-order chi connectivity index (χ1) is 9.15. The third kappa shape index (κ3) is 2.28. The molecule has 0 aliphatic heterocycles. The molecule has 0 N–H and O–H groups in total. The number of pyridine rings is 1. The fourth-order valence-corrected chi connectivity index (χ4v) is 2.76. The molecule has 19 heavy (non-hydrogen) atoms. The number of hydrogen-bond acceptors (Lipinski definition) is 1. The lowest BCUT2D eigenvalue weighted by atomic mass is 10.1. The van der Waals surface area contributed by atoms with E-state index in [4.69, 9.17) is 0 Å². The summed E-state index contributed by atoms with van der Waals surface area (Å²) in [5.41, 5.74) is 3.23. The number of aryl methyl sites for hydroxylation is 1. The zero-order valence-electron chi connectivity index (χ0n) is 10.4. The monoisotopic (exact) mass is 318 g/mol. The van der Waals surface area contributed by atoms with Gasteiger partial charge in [0.15, 0.2) is 0 Å². The van der Waals surface area contributed by atoms with E-state index in [1.807, 2.05) is 12.1 Å². The summed E-state index contributed by atoms with van der Waals surface area (Å²) >= 11 is 3.48. The van der Waals surface area contributed by atoms with Crippen molar-refractivity contribution in [3.8, 4) is 0 Å². The minimum atomic E-state index is -0.214. The summed E-state index contributed by atoms with van der Waals surface area (Å²) in [7, 11) is 0. The first kappa shape index (κ1) is 12.4. The first-order valence-corrected chi connectivity index (χ1v) is 6.81. The molecule has 0 unspecified atom stereocenters. The Morgan fingerprint density at radius 2 is 1.89 bits per heavy atom. The van der Waals surface area contributed by atoms with Crippen LogP contribution in [0, 0.1) is 12.7 Å². The van der Waals surface area contributed by atoms with Crippen LogP contribution < -0.4 is 0 Å². The largest absolute Gasteiger partial charge is 0.300 e. The van der Waals surface area contributed by atoms with Gasteiger partial charge in [-0.05, 0) is 52.7 Å². The van der Waals surface area contributed by atoms with Gasteiger partial charge in [0, 0.05) is 12.1 Å². The van der Waals surface area contributed by atoms with E-state index in [9.17, 15) is 4.39 Å². The van der Waals surface area contributed by atoms with Gasteiger partial charge in [0.2, 0.25) is 0 Å². The van der Waals surface area contributed by atoms with Gasteiger partial charge in [0.1, 0.15) is 16.2 Å². The molecule has 3 rings (SSSR count). The molecule has 0 fully saturated rings. The van der Waals surface area contributed by atoms with E-state index in [1.54, 1.807) is 12.1 Å². The van der Waals surface area contributed by atoms with Crippen molar-refractivity contribution in [3.63, 3.8) is 0 Å². The topological polar surface area (TPSA) is 17.3 Å². The molecule has 0 radical (unpaired) electrons. The molecule has 0 saturated heterocycles. The fraction of sp³-hybridized carbons (Fsp3) is 0.133. The quantitative estimate of drug-likeness (QED) is 0.694. The summed E-state index contributed by atoms with van der Waals surface area (Å²) in [6.45, 7) is 2.05. The van der Waals surface area contributed by atoms with Crippen LogP contribution in [0.25, 0.3) is 5.52 Å². The second-order valence-electron chi connectivity index (χ2n) is 4.51. The Morgan fingerprint density at radius 3 is 2.63 bits per heavy atom. The highest BCUT2D eigenvalue weighted by molar-refractivity contribution is 9.10. The highest BCUT2D eigenvalue weighted by Crippen LogP contribution is 2.22. The van der Waals surface area contributed by atoms with Crippen molar-refractivity contribution in [2.75, 3.05) is 0 Å². The number of imidazole rings is 1. The molecule has 0 saturated carbocycles. The second kappa shape index (κ2) is 4.78. The number of fused-ring (bicyclic) bond motifs is 1. The summed E-state index contributed by atoms with van der Waals surface area (Å²) < 4.78 is 15.9. The third-order valence-corrected chi connectivity index (χ3v) is 3.74. The van der Waals surface area contributed by atoms with E-state index in [0.717, 1.165) is 27.2 Å². The van der Waals surface area contributed by atoms with Crippen LogP contribution >= 0.6 is 15.9 Å². The van der Waals surface area contributed by atoms with Crippen molar-refractivity contribution in [2.24, 2.45) is 0 Å². The van der Waals surface area contributed by atoms with Crippen molar-refractivity contribution < 1.29 is 4.39 Å². The molecule has 96 valence electrons. The summed E-state index contributed by atoms with van der Waals surface area (Å²) in [6.07, 6.45) is 0.678. The fourth-order valence-electron chi connectivity index (χ4n) is 2.25. The second-order valence-corrected chi connectivity index (χ2v) is 5.26. The van der Waals surface area contributed by atoms with Crippen LogP contribution in [0.5, 0.6) is 0 Å². The lowest BCUT2D eigenvalue weighted by Crippen LogP contribution is -1.99. The van der Waals surface area contributed by atoms with Crippen molar-refractivity contribution in [1.29, 1.82) is 0 Å². The van der Waals surface area contributed by atoms with Gasteiger partial charge in [0.05, 0.1) is 5.52 Å². The van der Waals surface area contributed by atoms with Crippen LogP contribution in [0.3, 0.4) is 0 Å². The number of rotatable bonds is 2. The summed E-state index contributed by atoms with van der Waals surface area (Å²) in [4.78, 5) is 4.55. The van der Waals surface area contributed by atoms with Crippen molar-refractivity contribution >= 4 is 21.4 Å². The molecule has 2 nitrogen and oxygen atoms in total. The smallest absolute Gasteiger partial charge is 0.132 e. The predicted octanol–water partition coefficient (Wildman–Crippen LogP) is 4.14. The van der Waals surface area contributed by atoms with E-state index < -0.39 is 0 Å². The standard InChI is InChI=1S/C15H12BrFN2/c1-10-3-2-4-13-15(16)18-14(19(10)13)9-11-5-7-12(17)8-6-11/h2-8H,9H2,1H3. The van der Waals surface area contributed by atoms with Crippen LogP contribution in [-0.4, -0.2) is 9.38 Å². The predicted molar refractivity (Wildman–Crippen MR) is 76.8 cm³/mol. The molecule has 0 atom stereocenters. The summed E-state index contributed by atoms with van der Waals surface area (Å²) in [5, 5.41) is 0. The summed E-state index contributed by atoms with van der Waals surface area (Å²) in [5.74, 6) is 0.737. The molecule has 1 aromatic carbocycles. The lowest BCUT2D eigenvalue weighted by molar-refractivity contribution is 0.627. The molecule has 2 heterocycles. The Bertz CT molecular complexity index is 732. The van der Waals surface area contributed by atoms with Gasteiger partial charge < -0.3 is 0 Å². The average Bonchev–Trinajstić information content (AvgIpc) is 2.71.